The van der Waals surface area contributed by atoms with Crippen LogP contribution in [0.1, 0.15) is 6.92 Å². The van der Waals surface area contributed by atoms with Crippen LogP contribution in [0.4, 0.5) is 11.4 Å². The Balaban J connectivity index is 1.45. The average molecular weight is 378 g/mol. The molecule has 1 aliphatic heterocycles. The highest BCUT2D eigenvalue weighted by atomic mass is 16.5. The van der Waals surface area contributed by atoms with Gasteiger partial charge in [-0.2, -0.15) is 4.80 Å². The van der Waals surface area contributed by atoms with Crippen LogP contribution in [0.15, 0.2) is 48.5 Å². The molecule has 2 amide bonds. The average Bonchev–Trinajstić information content (AvgIpc) is 3.16. The smallest absolute Gasteiger partial charge is 0.267 e. The van der Waals surface area contributed by atoms with E-state index in [1.54, 1.807) is 32.2 Å². The minimum absolute atomic E-state index is 0.0841. The van der Waals surface area contributed by atoms with Crippen molar-refractivity contribution in [2.24, 2.45) is 0 Å². The number of benzene rings is 2. The van der Waals surface area contributed by atoms with Gasteiger partial charge in [-0.15, -0.1) is 10.2 Å². The molecule has 0 saturated heterocycles. The van der Waals surface area contributed by atoms with Gasteiger partial charge < -0.3 is 15.0 Å². The van der Waals surface area contributed by atoms with E-state index >= 15 is 0 Å². The van der Waals surface area contributed by atoms with Gasteiger partial charge in [0, 0.05) is 18.3 Å². The van der Waals surface area contributed by atoms with Crippen LogP contribution in [0.3, 0.4) is 0 Å². The molecule has 0 fully saturated rings. The fourth-order valence-corrected chi connectivity index (χ4v) is 2.93. The Kier molecular flexibility index (Phi) is 4.48. The number of hydrogen-bond donors (Lipinski definition) is 1. The number of fused-ring (bicyclic) bond motifs is 1. The Morgan fingerprint density at radius 3 is 2.79 bits per heavy atom. The molecule has 2 heterocycles. The Bertz CT molecular complexity index is 1030. The Morgan fingerprint density at radius 2 is 2.00 bits per heavy atom. The van der Waals surface area contributed by atoms with Gasteiger partial charge in [0.15, 0.2) is 6.10 Å². The third-order valence-corrected chi connectivity index (χ3v) is 4.36. The second-order valence-electron chi connectivity index (χ2n) is 6.40. The molecule has 0 unspecified atom stereocenters. The van der Waals surface area contributed by atoms with E-state index in [1.165, 1.54) is 9.70 Å². The third kappa shape index (κ3) is 3.41. The minimum Gasteiger partial charge on any atom is -0.479 e. The second-order valence-corrected chi connectivity index (χ2v) is 6.40. The second kappa shape index (κ2) is 7.10. The van der Waals surface area contributed by atoms with Crippen molar-refractivity contribution in [3.63, 3.8) is 0 Å². The lowest BCUT2D eigenvalue weighted by Crippen LogP contribution is -2.42. The predicted molar refractivity (Wildman–Crippen MR) is 102 cm³/mol. The van der Waals surface area contributed by atoms with Crippen LogP contribution in [0.25, 0.3) is 11.4 Å². The van der Waals surface area contributed by atoms with Crippen molar-refractivity contribution in [1.29, 1.82) is 0 Å². The summed E-state index contributed by atoms with van der Waals surface area (Å²) in [6, 6.07) is 14.5. The summed E-state index contributed by atoms with van der Waals surface area (Å²) in [5.41, 5.74) is 1.97. The van der Waals surface area contributed by atoms with Gasteiger partial charge in [-0.1, -0.05) is 30.3 Å². The molecule has 28 heavy (non-hydrogen) atoms. The fraction of sp³-hybridized carbons (Fsp3) is 0.211. The van der Waals surface area contributed by atoms with Gasteiger partial charge in [-0.3, -0.25) is 9.59 Å². The number of hydrogen-bond acceptors (Lipinski definition) is 6. The summed E-state index contributed by atoms with van der Waals surface area (Å²) in [7, 11) is 1.68. The van der Waals surface area contributed by atoms with Crippen molar-refractivity contribution in [2.45, 2.75) is 19.6 Å². The van der Waals surface area contributed by atoms with Gasteiger partial charge in [0.05, 0.1) is 5.69 Å². The van der Waals surface area contributed by atoms with Gasteiger partial charge in [0.25, 0.3) is 5.91 Å². The van der Waals surface area contributed by atoms with Gasteiger partial charge in [0.2, 0.25) is 11.7 Å². The number of nitrogens with zero attached hydrogens (tertiary/aromatic N) is 5. The summed E-state index contributed by atoms with van der Waals surface area (Å²) in [5.74, 6) is 0.596. The van der Waals surface area contributed by atoms with Gasteiger partial charge in [-0.05, 0) is 30.3 Å². The number of tetrazole rings is 1. The summed E-state index contributed by atoms with van der Waals surface area (Å²) < 4.78 is 5.58. The summed E-state index contributed by atoms with van der Waals surface area (Å²) in [4.78, 5) is 27.2. The van der Waals surface area contributed by atoms with Crippen LogP contribution in [0, 0.1) is 0 Å². The monoisotopic (exact) mass is 378 g/mol. The number of amides is 2. The summed E-state index contributed by atoms with van der Waals surface area (Å²) in [6.45, 7) is 1.62. The molecule has 1 atom stereocenters. The number of carbonyl (C=O) groups is 2. The summed E-state index contributed by atoms with van der Waals surface area (Å²) >= 11 is 0. The van der Waals surface area contributed by atoms with E-state index in [9.17, 15) is 9.59 Å². The number of ether oxygens (including phenoxy) is 1. The van der Waals surface area contributed by atoms with Crippen LogP contribution in [0.5, 0.6) is 5.75 Å². The predicted octanol–water partition coefficient (Wildman–Crippen LogP) is 1.72. The molecule has 0 radical (unpaired) electrons. The van der Waals surface area contributed by atoms with E-state index in [-0.39, 0.29) is 18.4 Å². The van der Waals surface area contributed by atoms with Crippen molar-refractivity contribution in [3.8, 4) is 17.1 Å². The number of nitrogens with one attached hydrogen (secondary N) is 1. The Morgan fingerprint density at radius 1 is 1.21 bits per heavy atom. The first-order valence-electron chi connectivity index (χ1n) is 8.72. The lowest BCUT2D eigenvalue weighted by Gasteiger charge is -2.30. The van der Waals surface area contributed by atoms with Crippen LogP contribution >= 0.6 is 0 Å². The molecule has 1 aliphatic rings. The lowest BCUT2D eigenvalue weighted by atomic mass is 10.2. The summed E-state index contributed by atoms with van der Waals surface area (Å²) in [6.07, 6.45) is -0.532. The molecule has 0 aliphatic carbocycles. The first-order valence-corrected chi connectivity index (χ1v) is 8.72. The number of rotatable bonds is 4. The third-order valence-electron chi connectivity index (χ3n) is 4.36. The zero-order valence-electron chi connectivity index (χ0n) is 15.4. The highest BCUT2D eigenvalue weighted by Gasteiger charge is 2.29. The van der Waals surface area contributed by atoms with E-state index in [1.807, 2.05) is 30.3 Å². The maximum Gasteiger partial charge on any atom is 0.267 e. The number of aromatic nitrogens is 4. The molecule has 4 rings (SSSR count). The number of anilines is 2. The van der Waals surface area contributed by atoms with Gasteiger partial charge >= 0.3 is 0 Å². The van der Waals surface area contributed by atoms with Crippen LogP contribution < -0.4 is 15.0 Å². The largest absolute Gasteiger partial charge is 0.479 e. The maximum absolute atomic E-state index is 12.3. The number of carbonyl (C=O) groups excluding carboxylic acids is 2. The van der Waals surface area contributed by atoms with E-state index in [2.05, 4.69) is 20.7 Å². The molecule has 2 aromatic carbocycles. The molecule has 1 aromatic heterocycles. The maximum atomic E-state index is 12.3. The lowest BCUT2D eigenvalue weighted by molar-refractivity contribution is -0.125. The Hall–Kier alpha value is -3.75. The molecule has 0 spiro atoms. The van der Waals surface area contributed by atoms with E-state index in [0.717, 1.165) is 5.56 Å². The minimum atomic E-state index is -0.532. The van der Waals surface area contributed by atoms with E-state index in [0.29, 0.717) is 22.9 Å². The molecule has 9 nitrogen and oxygen atoms in total. The standard InChI is InChI=1S/C19H18N6O3/c1-12-19(27)24(2)15-10-14(8-9-16(15)28-12)20-17(26)11-25-22-18(21-23-25)13-6-4-3-5-7-13/h3-10,12H,11H2,1-2H3,(H,20,26)/t12-/m1/s1. The molecule has 0 bridgehead atoms. The van der Waals surface area contributed by atoms with Crippen molar-refractivity contribution < 1.29 is 14.3 Å². The zero-order valence-corrected chi connectivity index (χ0v) is 15.4. The highest BCUT2D eigenvalue weighted by Crippen LogP contribution is 2.35. The first-order chi connectivity index (χ1) is 13.5. The molecule has 0 saturated carbocycles. The highest BCUT2D eigenvalue weighted by molar-refractivity contribution is 6.00. The first kappa shape index (κ1) is 17.7. The normalized spacial score (nSPS) is 15.7. The molecule has 142 valence electrons. The van der Waals surface area contributed by atoms with E-state index in [4.69, 9.17) is 4.74 Å². The fourth-order valence-electron chi connectivity index (χ4n) is 2.93. The Labute approximate surface area is 160 Å². The number of likely N-dealkylation sites (N-methyl/N-ethyl adjacent to an activating group) is 1. The van der Waals surface area contributed by atoms with Crippen molar-refractivity contribution in [2.75, 3.05) is 17.3 Å². The van der Waals surface area contributed by atoms with E-state index < -0.39 is 6.10 Å². The zero-order chi connectivity index (χ0) is 19.7. The van der Waals surface area contributed by atoms with Gasteiger partial charge in [0.1, 0.15) is 12.3 Å². The molecule has 3 aromatic rings. The molecular formula is C19H18N6O3. The molecule has 9 heteroatoms. The topological polar surface area (TPSA) is 102 Å². The van der Waals surface area contributed by atoms with Crippen molar-refractivity contribution in [1.82, 2.24) is 20.2 Å². The van der Waals surface area contributed by atoms with Crippen LogP contribution in [-0.4, -0.2) is 45.2 Å². The molecule has 1 N–H and O–H groups in total. The van der Waals surface area contributed by atoms with Crippen LogP contribution in [0.2, 0.25) is 0 Å². The van der Waals surface area contributed by atoms with Crippen LogP contribution in [-0.2, 0) is 16.1 Å². The quantitative estimate of drug-likeness (QED) is 0.742. The van der Waals surface area contributed by atoms with Crippen molar-refractivity contribution >= 4 is 23.2 Å². The van der Waals surface area contributed by atoms with Gasteiger partial charge in [-0.25, -0.2) is 0 Å². The van der Waals surface area contributed by atoms with Crippen molar-refractivity contribution in [3.05, 3.63) is 48.5 Å². The SMILES string of the molecule is C[C@H]1Oc2ccc(NC(=O)Cn3nnc(-c4ccccc4)n3)cc2N(C)C1=O. The molecular weight excluding hydrogens is 360 g/mol. The summed E-state index contributed by atoms with van der Waals surface area (Å²) in [5, 5.41) is 14.9.